The number of allylic oxidation sites excluding steroid dienone is 3. The molecule has 0 spiro atoms. The van der Waals surface area contributed by atoms with E-state index in [9.17, 15) is 30.3 Å². The summed E-state index contributed by atoms with van der Waals surface area (Å²) in [6, 6.07) is 0. The van der Waals surface area contributed by atoms with Crippen molar-refractivity contribution >= 4 is 5.78 Å². The van der Waals surface area contributed by atoms with Crippen molar-refractivity contribution in [2.75, 3.05) is 13.2 Å². The highest BCUT2D eigenvalue weighted by Gasteiger charge is 2.46. The second-order valence-corrected chi connectivity index (χ2v) is 7.80. The Morgan fingerprint density at radius 3 is 2.59 bits per heavy atom. The lowest BCUT2D eigenvalue weighted by Crippen LogP contribution is -2.59. The van der Waals surface area contributed by atoms with Crippen LogP contribution in [0.2, 0.25) is 0 Å². The predicted molar refractivity (Wildman–Crippen MR) is 95.5 cm³/mol. The van der Waals surface area contributed by atoms with Crippen LogP contribution >= 0.6 is 0 Å². The van der Waals surface area contributed by atoms with Crippen molar-refractivity contribution < 1.29 is 39.8 Å². The van der Waals surface area contributed by atoms with Crippen LogP contribution in [-0.4, -0.2) is 81.3 Å². The van der Waals surface area contributed by atoms with Crippen LogP contribution < -0.4 is 0 Å². The molecule has 1 heterocycles. The SMILES string of the molecule is CC1=CC(=O)C[C@](C)(CO[C@@H]2O[C@H](CO)[C@@H](O)[C@H](O)[C@H]2O)[C@H]1/C=C/[C@H](C)O. The maximum atomic E-state index is 12.1. The van der Waals surface area contributed by atoms with E-state index < -0.39 is 48.8 Å². The molecule has 0 bridgehead atoms. The van der Waals surface area contributed by atoms with E-state index in [1.807, 2.05) is 19.9 Å². The number of ketones is 1. The molecule has 8 heteroatoms. The fourth-order valence-corrected chi connectivity index (χ4v) is 3.73. The van der Waals surface area contributed by atoms with Gasteiger partial charge >= 0.3 is 0 Å². The number of aliphatic hydroxyl groups excluding tert-OH is 5. The zero-order chi connectivity index (χ0) is 20.4. The van der Waals surface area contributed by atoms with Gasteiger partial charge in [-0.1, -0.05) is 24.6 Å². The average Bonchev–Trinajstić information content (AvgIpc) is 2.58. The van der Waals surface area contributed by atoms with Crippen molar-refractivity contribution in [1.82, 2.24) is 0 Å². The standard InChI is InChI=1S/C19H30O8/c1-10-6-12(22)7-19(3,13(10)5-4-11(2)21)9-26-18-17(25)16(24)15(23)14(8-20)27-18/h4-6,11,13-18,20-21,23-25H,7-9H2,1-3H3/b5-4+/t11-,13-,14+,15+,16-,17+,18+,19+/m0/s1. The van der Waals surface area contributed by atoms with Gasteiger partial charge in [0.2, 0.25) is 0 Å². The lowest BCUT2D eigenvalue weighted by atomic mass is 9.67. The molecule has 1 aliphatic carbocycles. The van der Waals surface area contributed by atoms with E-state index in [0.29, 0.717) is 0 Å². The molecule has 0 radical (unpaired) electrons. The molecule has 0 aromatic rings. The zero-order valence-corrected chi connectivity index (χ0v) is 15.9. The summed E-state index contributed by atoms with van der Waals surface area (Å²) >= 11 is 0. The van der Waals surface area contributed by atoms with Gasteiger partial charge in [-0.15, -0.1) is 0 Å². The third-order valence-corrected chi connectivity index (χ3v) is 5.22. The van der Waals surface area contributed by atoms with E-state index >= 15 is 0 Å². The normalized spacial score (nSPS) is 41.6. The maximum absolute atomic E-state index is 12.1. The highest BCUT2D eigenvalue weighted by molar-refractivity contribution is 5.92. The number of aliphatic hydroxyl groups is 5. The lowest BCUT2D eigenvalue weighted by Gasteiger charge is -2.43. The molecular formula is C19H30O8. The topological polar surface area (TPSA) is 137 Å². The van der Waals surface area contributed by atoms with Crippen molar-refractivity contribution in [3.63, 3.8) is 0 Å². The Morgan fingerprint density at radius 1 is 1.33 bits per heavy atom. The Labute approximate surface area is 158 Å². The number of hydrogen-bond donors (Lipinski definition) is 5. The average molecular weight is 386 g/mol. The Bertz CT molecular complexity index is 584. The fourth-order valence-electron chi connectivity index (χ4n) is 3.73. The summed E-state index contributed by atoms with van der Waals surface area (Å²) in [5.74, 6) is -0.219. The van der Waals surface area contributed by atoms with Crippen molar-refractivity contribution in [2.45, 2.75) is 64.0 Å². The van der Waals surface area contributed by atoms with Gasteiger partial charge < -0.3 is 35.0 Å². The predicted octanol–water partition coefficient (Wildman–Crippen LogP) is -0.718. The summed E-state index contributed by atoms with van der Waals surface area (Å²) in [5.41, 5.74) is 0.183. The summed E-state index contributed by atoms with van der Waals surface area (Å²) in [6.45, 7) is 4.82. The zero-order valence-electron chi connectivity index (χ0n) is 15.9. The molecular weight excluding hydrogens is 356 g/mol. The largest absolute Gasteiger partial charge is 0.394 e. The van der Waals surface area contributed by atoms with Gasteiger partial charge in [0.15, 0.2) is 12.1 Å². The maximum Gasteiger partial charge on any atom is 0.186 e. The molecule has 1 saturated heterocycles. The van der Waals surface area contributed by atoms with Crippen LogP contribution in [0.3, 0.4) is 0 Å². The monoisotopic (exact) mass is 386 g/mol. The first-order valence-electron chi connectivity index (χ1n) is 9.08. The Morgan fingerprint density at radius 2 is 2.00 bits per heavy atom. The fraction of sp³-hybridized carbons (Fsp3) is 0.737. The van der Waals surface area contributed by atoms with E-state index in [2.05, 4.69) is 0 Å². The van der Waals surface area contributed by atoms with Gasteiger partial charge in [0.05, 0.1) is 19.3 Å². The van der Waals surface area contributed by atoms with Crippen LogP contribution in [0.1, 0.15) is 27.2 Å². The summed E-state index contributed by atoms with van der Waals surface area (Å²) < 4.78 is 11.1. The van der Waals surface area contributed by atoms with Crippen molar-refractivity contribution in [1.29, 1.82) is 0 Å². The Balaban J connectivity index is 2.15. The van der Waals surface area contributed by atoms with Gasteiger partial charge in [0.1, 0.15) is 24.4 Å². The van der Waals surface area contributed by atoms with Crippen LogP contribution in [0.5, 0.6) is 0 Å². The summed E-state index contributed by atoms with van der Waals surface area (Å²) in [6.07, 6.45) is -2.15. The van der Waals surface area contributed by atoms with Gasteiger partial charge in [-0.3, -0.25) is 4.79 Å². The van der Waals surface area contributed by atoms with Crippen LogP contribution in [0.4, 0.5) is 0 Å². The number of carbonyl (C=O) groups excluding carboxylic acids is 1. The van der Waals surface area contributed by atoms with Crippen LogP contribution in [0.25, 0.3) is 0 Å². The van der Waals surface area contributed by atoms with Gasteiger partial charge in [0.25, 0.3) is 0 Å². The van der Waals surface area contributed by atoms with Crippen molar-refractivity contribution in [3.8, 4) is 0 Å². The highest BCUT2D eigenvalue weighted by atomic mass is 16.7. The number of ether oxygens (including phenoxy) is 2. The Kier molecular flexibility index (Phi) is 7.32. The molecule has 0 saturated carbocycles. The van der Waals surface area contributed by atoms with E-state index in [4.69, 9.17) is 9.47 Å². The molecule has 2 rings (SSSR count). The van der Waals surface area contributed by atoms with E-state index in [1.165, 1.54) is 0 Å². The smallest absolute Gasteiger partial charge is 0.186 e. The number of rotatable bonds is 6. The highest BCUT2D eigenvalue weighted by Crippen LogP contribution is 2.42. The third kappa shape index (κ3) is 5.03. The molecule has 1 aliphatic heterocycles. The third-order valence-electron chi connectivity index (χ3n) is 5.22. The first kappa shape index (κ1) is 22.2. The van der Waals surface area contributed by atoms with Crippen LogP contribution in [0.15, 0.2) is 23.8 Å². The summed E-state index contributed by atoms with van der Waals surface area (Å²) in [7, 11) is 0. The Hall–Kier alpha value is -1.13. The molecule has 8 atom stereocenters. The molecule has 8 nitrogen and oxygen atoms in total. The first-order chi connectivity index (χ1) is 12.6. The quantitative estimate of drug-likeness (QED) is 0.377. The first-order valence-corrected chi connectivity index (χ1v) is 9.08. The number of hydrogen-bond acceptors (Lipinski definition) is 8. The van der Waals surface area contributed by atoms with E-state index in [-0.39, 0.29) is 24.7 Å². The van der Waals surface area contributed by atoms with Crippen LogP contribution in [0, 0.1) is 11.3 Å². The molecule has 0 aromatic carbocycles. The van der Waals surface area contributed by atoms with Gasteiger partial charge in [-0.2, -0.15) is 0 Å². The minimum absolute atomic E-state index is 0.0292. The second-order valence-electron chi connectivity index (χ2n) is 7.80. The molecule has 0 amide bonds. The molecule has 154 valence electrons. The summed E-state index contributed by atoms with van der Waals surface area (Å²) in [4.78, 5) is 12.1. The van der Waals surface area contributed by atoms with E-state index in [1.54, 1.807) is 19.1 Å². The minimum Gasteiger partial charge on any atom is -0.394 e. The second kappa shape index (κ2) is 8.91. The lowest BCUT2D eigenvalue weighted by molar-refractivity contribution is -0.306. The van der Waals surface area contributed by atoms with Crippen molar-refractivity contribution in [3.05, 3.63) is 23.8 Å². The molecule has 1 fully saturated rings. The van der Waals surface area contributed by atoms with Gasteiger partial charge in [-0.05, 0) is 19.9 Å². The molecule has 2 aliphatic rings. The van der Waals surface area contributed by atoms with Crippen molar-refractivity contribution in [2.24, 2.45) is 11.3 Å². The van der Waals surface area contributed by atoms with E-state index in [0.717, 1.165) is 5.57 Å². The minimum atomic E-state index is -1.52. The molecule has 0 aromatic heterocycles. The molecule has 27 heavy (non-hydrogen) atoms. The molecule has 5 N–H and O–H groups in total. The summed E-state index contributed by atoms with van der Waals surface area (Å²) in [5, 5.41) is 48.6. The van der Waals surface area contributed by atoms with Gasteiger partial charge in [0, 0.05) is 17.8 Å². The number of carbonyl (C=O) groups is 1. The van der Waals surface area contributed by atoms with Gasteiger partial charge in [-0.25, -0.2) is 0 Å². The van der Waals surface area contributed by atoms with Crippen LogP contribution in [-0.2, 0) is 14.3 Å². The molecule has 0 unspecified atom stereocenters.